The maximum atomic E-state index is 12.5. The molecule has 1 fully saturated rings. The second kappa shape index (κ2) is 6.06. The van der Waals surface area contributed by atoms with Crippen LogP contribution in [-0.2, 0) is 0 Å². The molecule has 110 valence electrons. The number of carbonyl (C=O) groups is 1. The van der Waals surface area contributed by atoms with E-state index in [2.05, 4.69) is 43.7 Å². The molecule has 3 heteroatoms. The third-order valence-electron chi connectivity index (χ3n) is 4.48. The van der Waals surface area contributed by atoms with Crippen molar-refractivity contribution in [1.29, 1.82) is 0 Å². The topological polar surface area (TPSA) is 23.6 Å². The highest BCUT2D eigenvalue weighted by atomic mass is 16.1. The molecule has 20 heavy (non-hydrogen) atoms. The Morgan fingerprint density at radius 3 is 2.35 bits per heavy atom. The average Bonchev–Trinajstić information content (AvgIpc) is 2.35. The Hall–Kier alpha value is -1.19. The number of piperazine rings is 1. The highest BCUT2D eigenvalue weighted by molar-refractivity contribution is 5.99. The molecule has 1 saturated heterocycles. The van der Waals surface area contributed by atoms with E-state index >= 15 is 0 Å². The van der Waals surface area contributed by atoms with Crippen LogP contribution in [0.1, 0.15) is 35.3 Å². The lowest BCUT2D eigenvalue weighted by atomic mass is 10.0. The lowest BCUT2D eigenvalue weighted by Gasteiger charge is -2.42. The van der Waals surface area contributed by atoms with Gasteiger partial charge in [-0.1, -0.05) is 23.8 Å². The van der Waals surface area contributed by atoms with Crippen molar-refractivity contribution in [2.45, 2.75) is 39.8 Å². The molecule has 2 unspecified atom stereocenters. The van der Waals surface area contributed by atoms with Crippen molar-refractivity contribution in [3.8, 4) is 0 Å². The van der Waals surface area contributed by atoms with E-state index in [9.17, 15) is 4.79 Å². The van der Waals surface area contributed by atoms with Gasteiger partial charge in [0, 0.05) is 30.7 Å². The number of rotatable bonds is 3. The van der Waals surface area contributed by atoms with Gasteiger partial charge in [0.05, 0.1) is 6.54 Å². The van der Waals surface area contributed by atoms with Crippen LogP contribution in [0.4, 0.5) is 0 Å². The Morgan fingerprint density at radius 1 is 1.20 bits per heavy atom. The molecule has 0 amide bonds. The maximum absolute atomic E-state index is 12.5. The number of hydrogen-bond acceptors (Lipinski definition) is 3. The number of ketones is 1. The standard InChI is InChI=1S/C17H26N2O/c1-12-6-7-16(13(2)8-12)17(20)11-19-9-14(3)18(5)15(4)10-19/h6-8,14-15H,9-11H2,1-5H3. The maximum Gasteiger partial charge on any atom is 0.177 e. The third-order valence-corrected chi connectivity index (χ3v) is 4.48. The number of nitrogens with zero attached hydrogens (tertiary/aromatic N) is 2. The van der Waals surface area contributed by atoms with Crippen LogP contribution in [0.15, 0.2) is 18.2 Å². The SMILES string of the molecule is Cc1ccc(C(=O)CN2CC(C)N(C)C(C)C2)c(C)c1. The molecule has 2 rings (SSSR count). The van der Waals surface area contributed by atoms with Gasteiger partial charge in [-0.15, -0.1) is 0 Å². The number of hydrogen-bond donors (Lipinski definition) is 0. The molecule has 1 aliphatic heterocycles. The van der Waals surface area contributed by atoms with Gasteiger partial charge in [-0.05, 0) is 40.3 Å². The zero-order chi connectivity index (χ0) is 14.9. The average molecular weight is 274 g/mol. The van der Waals surface area contributed by atoms with Gasteiger partial charge in [0.2, 0.25) is 0 Å². The van der Waals surface area contributed by atoms with Gasteiger partial charge in [-0.2, -0.15) is 0 Å². The lowest BCUT2D eigenvalue weighted by Crippen LogP contribution is -2.55. The van der Waals surface area contributed by atoms with E-state index in [0.29, 0.717) is 18.6 Å². The first kappa shape index (κ1) is 15.2. The van der Waals surface area contributed by atoms with Crippen LogP contribution in [0.25, 0.3) is 0 Å². The van der Waals surface area contributed by atoms with E-state index < -0.39 is 0 Å². The first-order valence-electron chi connectivity index (χ1n) is 7.43. The highest BCUT2D eigenvalue weighted by Gasteiger charge is 2.27. The summed E-state index contributed by atoms with van der Waals surface area (Å²) in [4.78, 5) is 17.2. The predicted molar refractivity (Wildman–Crippen MR) is 83.4 cm³/mol. The summed E-state index contributed by atoms with van der Waals surface area (Å²) in [7, 11) is 2.17. The third kappa shape index (κ3) is 3.28. The monoisotopic (exact) mass is 274 g/mol. The summed E-state index contributed by atoms with van der Waals surface area (Å²) < 4.78 is 0. The van der Waals surface area contributed by atoms with Gasteiger partial charge in [-0.3, -0.25) is 14.6 Å². The van der Waals surface area contributed by atoms with E-state index in [0.717, 1.165) is 24.2 Å². The molecule has 0 spiro atoms. The number of carbonyl (C=O) groups excluding carboxylic acids is 1. The zero-order valence-corrected chi connectivity index (χ0v) is 13.3. The summed E-state index contributed by atoms with van der Waals surface area (Å²) in [6.45, 7) is 11.0. The molecule has 1 aliphatic rings. The Balaban J connectivity index is 2.04. The molecule has 1 aromatic carbocycles. The minimum Gasteiger partial charge on any atom is -0.298 e. The van der Waals surface area contributed by atoms with E-state index in [4.69, 9.17) is 0 Å². The first-order chi connectivity index (χ1) is 9.38. The minimum absolute atomic E-state index is 0.242. The Morgan fingerprint density at radius 2 is 1.80 bits per heavy atom. The number of aryl methyl sites for hydroxylation is 2. The van der Waals surface area contributed by atoms with Gasteiger partial charge in [0.25, 0.3) is 0 Å². The fourth-order valence-electron chi connectivity index (χ4n) is 3.06. The van der Waals surface area contributed by atoms with Crippen LogP contribution >= 0.6 is 0 Å². The van der Waals surface area contributed by atoms with Crippen LogP contribution < -0.4 is 0 Å². The van der Waals surface area contributed by atoms with E-state index in [1.807, 2.05) is 19.1 Å². The normalized spacial score (nSPS) is 24.9. The van der Waals surface area contributed by atoms with E-state index in [1.54, 1.807) is 0 Å². The largest absolute Gasteiger partial charge is 0.298 e. The molecule has 0 aliphatic carbocycles. The van der Waals surface area contributed by atoms with E-state index in [1.165, 1.54) is 5.56 Å². The van der Waals surface area contributed by atoms with Gasteiger partial charge in [0.1, 0.15) is 0 Å². The van der Waals surface area contributed by atoms with Gasteiger partial charge < -0.3 is 0 Å². The summed E-state index contributed by atoms with van der Waals surface area (Å²) in [6, 6.07) is 7.09. The van der Waals surface area contributed by atoms with Crippen molar-refractivity contribution in [3.63, 3.8) is 0 Å². The van der Waals surface area contributed by atoms with Crippen molar-refractivity contribution in [2.24, 2.45) is 0 Å². The van der Waals surface area contributed by atoms with Crippen molar-refractivity contribution in [1.82, 2.24) is 9.80 Å². The molecule has 2 atom stereocenters. The second-order valence-electron chi connectivity index (χ2n) is 6.30. The molecule has 3 nitrogen and oxygen atoms in total. The molecule has 0 N–H and O–H groups in total. The Labute approximate surface area is 122 Å². The van der Waals surface area contributed by atoms with Gasteiger partial charge in [0.15, 0.2) is 5.78 Å². The Bertz CT molecular complexity index is 486. The van der Waals surface area contributed by atoms with Crippen LogP contribution in [0.3, 0.4) is 0 Å². The number of benzene rings is 1. The quantitative estimate of drug-likeness (QED) is 0.791. The van der Waals surface area contributed by atoms with Crippen LogP contribution in [-0.4, -0.2) is 54.3 Å². The van der Waals surface area contributed by atoms with Crippen LogP contribution in [0.2, 0.25) is 0 Å². The predicted octanol–water partition coefficient (Wildman–Crippen LogP) is 2.51. The second-order valence-corrected chi connectivity index (χ2v) is 6.30. The summed E-state index contributed by atoms with van der Waals surface area (Å²) in [5.41, 5.74) is 3.17. The molecule has 1 aromatic rings. The van der Waals surface area contributed by atoms with Crippen molar-refractivity contribution in [3.05, 3.63) is 34.9 Å². The molecule has 0 radical (unpaired) electrons. The molecule has 1 heterocycles. The van der Waals surface area contributed by atoms with Crippen molar-refractivity contribution < 1.29 is 4.79 Å². The van der Waals surface area contributed by atoms with Crippen molar-refractivity contribution >= 4 is 5.78 Å². The summed E-state index contributed by atoms with van der Waals surface area (Å²) >= 11 is 0. The van der Waals surface area contributed by atoms with Crippen LogP contribution in [0, 0.1) is 13.8 Å². The minimum atomic E-state index is 0.242. The lowest BCUT2D eigenvalue weighted by molar-refractivity contribution is 0.0549. The van der Waals surface area contributed by atoms with Crippen molar-refractivity contribution in [2.75, 3.05) is 26.7 Å². The molecular weight excluding hydrogens is 248 g/mol. The van der Waals surface area contributed by atoms with E-state index in [-0.39, 0.29) is 5.78 Å². The summed E-state index contributed by atoms with van der Waals surface area (Å²) in [6.07, 6.45) is 0. The van der Waals surface area contributed by atoms with Gasteiger partial charge in [-0.25, -0.2) is 0 Å². The molecular formula is C17H26N2O. The fraction of sp³-hybridized carbons (Fsp3) is 0.588. The fourth-order valence-corrected chi connectivity index (χ4v) is 3.06. The smallest absolute Gasteiger partial charge is 0.177 e. The molecule has 0 bridgehead atoms. The molecule has 0 saturated carbocycles. The van der Waals surface area contributed by atoms with Crippen LogP contribution in [0.5, 0.6) is 0 Å². The molecule has 0 aromatic heterocycles. The Kier molecular flexibility index (Phi) is 4.61. The number of Topliss-reactive ketones (excluding diaryl/α,β-unsaturated/α-hetero) is 1. The summed E-state index contributed by atoms with van der Waals surface area (Å²) in [5, 5.41) is 0. The zero-order valence-electron chi connectivity index (χ0n) is 13.3. The van der Waals surface area contributed by atoms with Gasteiger partial charge >= 0.3 is 0 Å². The highest BCUT2D eigenvalue weighted by Crippen LogP contribution is 2.16. The number of likely N-dealkylation sites (N-methyl/N-ethyl adjacent to an activating group) is 1. The summed E-state index contributed by atoms with van der Waals surface area (Å²) in [5.74, 6) is 0.242. The first-order valence-corrected chi connectivity index (χ1v) is 7.43.